The number of aliphatic hydroxyl groups is 2. The van der Waals surface area contributed by atoms with E-state index in [2.05, 4.69) is 0 Å². The minimum absolute atomic E-state index is 0.00515. The van der Waals surface area contributed by atoms with Gasteiger partial charge in [0.2, 0.25) is 11.8 Å². The minimum atomic E-state index is -1.11. The first-order valence-corrected chi connectivity index (χ1v) is 21.7. The Labute approximate surface area is 386 Å². The van der Waals surface area contributed by atoms with Crippen molar-refractivity contribution in [3.63, 3.8) is 0 Å². The quantitative estimate of drug-likeness (QED) is 0.0377. The number of non-ortho nitro benzene ring substituents is 2. The third-order valence-electron chi connectivity index (χ3n) is 10.7. The normalized spacial score (nSPS) is 20.2. The Morgan fingerprint density at radius 1 is 0.612 bits per heavy atom. The van der Waals surface area contributed by atoms with Gasteiger partial charge >= 0.3 is 23.9 Å². The van der Waals surface area contributed by atoms with Gasteiger partial charge in [-0.2, -0.15) is 0 Å². The maximum Gasteiger partial charge on any atom is 0.359 e. The van der Waals surface area contributed by atoms with Gasteiger partial charge in [0.15, 0.2) is 21.6 Å². The zero-order valence-electron chi connectivity index (χ0n) is 34.7. The molecule has 0 spiro atoms. The van der Waals surface area contributed by atoms with Crippen LogP contribution in [0.4, 0.5) is 11.4 Å². The average Bonchev–Trinajstić information content (AvgIpc) is 3.79. The molecule has 23 heteroatoms. The van der Waals surface area contributed by atoms with Gasteiger partial charge in [0.1, 0.15) is 35.5 Å². The summed E-state index contributed by atoms with van der Waals surface area (Å²) in [5.74, 6) is -6.99. The highest BCUT2D eigenvalue weighted by molar-refractivity contribution is 8.04. The fourth-order valence-corrected chi connectivity index (χ4v) is 10.2. The smallest absolute Gasteiger partial charge is 0.359 e. The number of benzene rings is 4. The van der Waals surface area contributed by atoms with Gasteiger partial charge in [-0.25, -0.2) is 19.2 Å². The summed E-state index contributed by atoms with van der Waals surface area (Å²) in [5.41, 5.74) is -0.321. The Kier molecular flexibility index (Phi) is 12.8. The summed E-state index contributed by atoms with van der Waals surface area (Å²) in [6.45, 7) is 2.25. The van der Waals surface area contributed by atoms with Crippen molar-refractivity contribution >= 4 is 70.6 Å². The van der Waals surface area contributed by atoms with E-state index in [4.69, 9.17) is 23.7 Å². The van der Waals surface area contributed by atoms with Crippen LogP contribution in [0.1, 0.15) is 45.7 Å². The molecular weight excluding hydrogens is 921 g/mol. The number of esters is 4. The predicted octanol–water partition coefficient (Wildman–Crippen LogP) is 4.91. The number of carbonyl (C=O) groups is 6. The van der Waals surface area contributed by atoms with E-state index in [9.17, 15) is 59.2 Å². The number of hydrogen-bond acceptors (Lipinski definition) is 19. The molecule has 0 bridgehead atoms. The maximum absolute atomic E-state index is 13.5. The van der Waals surface area contributed by atoms with E-state index in [0.29, 0.717) is 11.1 Å². The third-order valence-corrected chi connectivity index (χ3v) is 13.2. The zero-order valence-corrected chi connectivity index (χ0v) is 36.4. The molecule has 2 amide bonds. The van der Waals surface area contributed by atoms with Gasteiger partial charge < -0.3 is 33.9 Å². The van der Waals surface area contributed by atoms with Gasteiger partial charge in [-0.3, -0.25) is 39.6 Å². The van der Waals surface area contributed by atoms with E-state index in [1.165, 1.54) is 111 Å². The van der Waals surface area contributed by atoms with Gasteiger partial charge in [0.05, 0.1) is 45.0 Å². The second-order valence-corrected chi connectivity index (χ2v) is 17.4. The highest BCUT2D eigenvalue weighted by Crippen LogP contribution is 2.52. The first-order valence-electron chi connectivity index (χ1n) is 20.0. The Bertz CT molecular complexity index is 2620. The predicted molar refractivity (Wildman–Crippen MR) is 231 cm³/mol. The summed E-state index contributed by atoms with van der Waals surface area (Å²) in [4.78, 5) is 103. The minimum Gasteiger partial charge on any atom is -0.456 e. The molecule has 4 aliphatic rings. The molecule has 2 fully saturated rings. The number of fused-ring (bicyclic) bond motifs is 2. The van der Waals surface area contributed by atoms with Crippen molar-refractivity contribution in [3.8, 4) is 11.5 Å². The van der Waals surface area contributed by atoms with Crippen LogP contribution in [0.3, 0.4) is 0 Å². The summed E-state index contributed by atoms with van der Waals surface area (Å²) in [5, 5.41) is 41.0. The molecule has 8 rings (SSSR count). The molecule has 4 aliphatic heterocycles. The molecule has 2 N–H and O–H groups in total. The van der Waals surface area contributed by atoms with E-state index in [1.807, 2.05) is 0 Å². The topological polar surface area (TPSA) is 282 Å². The van der Waals surface area contributed by atoms with E-state index in [-0.39, 0.29) is 68.8 Å². The molecular formula is C44H34N4O17S2. The van der Waals surface area contributed by atoms with E-state index >= 15 is 0 Å². The van der Waals surface area contributed by atoms with Crippen LogP contribution in [0, 0.1) is 32.1 Å². The van der Waals surface area contributed by atoms with E-state index in [0.717, 1.165) is 33.3 Å². The van der Waals surface area contributed by atoms with Crippen LogP contribution >= 0.6 is 23.5 Å². The molecule has 0 aromatic heterocycles. The van der Waals surface area contributed by atoms with Crippen molar-refractivity contribution in [1.82, 2.24) is 9.80 Å². The largest absolute Gasteiger partial charge is 0.456 e. The van der Waals surface area contributed by atoms with Crippen LogP contribution in [-0.2, 0) is 46.6 Å². The Balaban J connectivity index is 0.953. The number of hydrogen-bond donors (Lipinski definition) is 2. The number of nitro benzene ring substituents is 2. The van der Waals surface area contributed by atoms with Crippen molar-refractivity contribution in [2.24, 2.45) is 11.8 Å². The van der Waals surface area contributed by atoms with Crippen LogP contribution in [0.2, 0.25) is 0 Å². The second kappa shape index (κ2) is 18.7. The fourth-order valence-electron chi connectivity index (χ4n) is 7.28. The SMILES string of the molecule is C[C@@H](O)[C@H]1C(=O)N2C(C(=O)OCc3ccc([N+](=O)[O-])cc3)=C(Oc3cccc(C(=O)OC(=O)c4cccc(OC5=C(C(=O)OCc6ccc([N+](=O)[O-])cc6)N6C(=O)[C@H]([C@@H](C)O)[C@H]6S5)c4)c3)S[C@H]12. The average molecular weight is 955 g/mol. The van der Waals surface area contributed by atoms with Gasteiger partial charge in [0.25, 0.3) is 11.4 Å². The maximum atomic E-state index is 13.5. The van der Waals surface area contributed by atoms with Crippen LogP contribution in [0.15, 0.2) is 119 Å². The molecule has 344 valence electrons. The van der Waals surface area contributed by atoms with E-state index in [1.54, 1.807) is 0 Å². The molecule has 21 nitrogen and oxygen atoms in total. The monoisotopic (exact) mass is 954 g/mol. The van der Waals surface area contributed by atoms with Crippen LogP contribution < -0.4 is 9.47 Å². The number of aliphatic hydroxyl groups excluding tert-OH is 2. The lowest BCUT2D eigenvalue weighted by Gasteiger charge is -2.43. The lowest BCUT2D eigenvalue weighted by atomic mass is 9.92. The Morgan fingerprint density at radius 3 is 1.33 bits per heavy atom. The lowest BCUT2D eigenvalue weighted by Crippen LogP contribution is -2.60. The van der Waals surface area contributed by atoms with Crippen LogP contribution in [0.25, 0.3) is 0 Å². The second-order valence-electron chi connectivity index (χ2n) is 15.2. The molecule has 4 aromatic rings. The molecule has 0 radical (unpaired) electrons. The molecule has 0 saturated carbocycles. The van der Waals surface area contributed by atoms with Gasteiger partial charge in [-0.05, 0) is 85.6 Å². The first-order chi connectivity index (χ1) is 32.0. The zero-order chi connectivity index (χ0) is 47.8. The lowest BCUT2D eigenvalue weighted by molar-refractivity contribution is -0.385. The highest BCUT2D eigenvalue weighted by Gasteiger charge is 2.60. The van der Waals surface area contributed by atoms with Crippen molar-refractivity contribution in [1.29, 1.82) is 0 Å². The summed E-state index contributed by atoms with van der Waals surface area (Å²) in [7, 11) is 0. The number of ether oxygens (including phenoxy) is 5. The molecule has 6 atom stereocenters. The van der Waals surface area contributed by atoms with Crippen molar-refractivity contribution in [2.45, 2.75) is 50.0 Å². The van der Waals surface area contributed by atoms with Crippen LogP contribution in [-0.4, -0.2) is 88.5 Å². The molecule has 0 aliphatic carbocycles. The molecule has 4 aromatic carbocycles. The summed E-state index contributed by atoms with van der Waals surface area (Å²) in [6, 6.07) is 21.4. The van der Waals surface area contributed by atoms with Crippen molar-refractivity contribution in [2.75, 3.05) is 0 Å². The first kappa shape index (κ1) is 45.9. The number of nitrogens with zero attached hydrogens (tertiary/aromatic N) is 4. The standard InChI is InChI=1S/C44H34N4O17S2/c1-21(49)31-35(51)45-33(41(55)61-19-23-9-13-27(14-10-23)47(57)58)43(66-37(31)45)63-29-7-3-5-25(17-29)39(53)65-40(54)26-6-4-8-30(18-26)64-44-34(46-36(52)32(22(2)50)38(46)67-44)42(56)62-20-24-11-15-28(16-12-24)48(59)60/h3-18,21-22,31-32,37-38,49-50H,19-20H2,1-2H3/t21-,22-,31+,32+,37-,38-/m1/s1. The number of nitro groups is 2. The van der Waals surface area contributed by atoms with Crippen LogP contribution in [0.5, 0.6) is 11.5 Å². The van der Waals surface area contributed by atoms with Gasteiger partial charge in [-0.15, -0.1) is 0 Å². The Hall–Kier alpha value is -7.60. The number of β-lactam (4-membered cyclic amide) rings is 2. The molecule has 0 unspecified atom stereocenters. The van der Waals surface area contributed by atoms with Crippen molar-refractivity contribution in [3.05, 3.63) is 161 Å². The van der Waals surface area contributed by atoms with Gasteiger partial charge in [0, 0.05) is 24.3 Å². The van der Waals surface area contributed by atoms with E-state index < -0.39 is 80.3 Å². The number of thioether (sulfide) groups is 2. The fraction of sp³-hybridized carbons (Fsp3) is 0.227. The Morgan fingerprint density at radius 2 is 0.985 bits per heavy atom. The van der Waals surface area contributed by atoms with Gasteiger partial charge in [-0.1, -0.05) is 35.7 Å². The van der Waals surface area contributed by atoms with Crippen molar-refractivity contribution < 1.29 is 72.5 Å². The summed E-state index contributed by atoms with van der Waals surface area (Å²) < 4.78 is 28.1. The number of carbonyl (C=O) groups excluding carboxylic acids is 6. The number of rotatable bonds is 16. The number of amides is 2. The summed E-state index contributed by atoms with van der Waals surface area (Å²) >= 11 is 1.94. The molecule has 67 heavy (non-hydrogen) atoms. The highest BCUT2D eigenvalue weighted by atomic mass is 32.2. The molecule has 2 saturated heterocycles. The third kappa shape index (κ3) is 9.16. The molecule has 4 heterocycles. The summed E-state index contributed by atoms with van der Waals surface area (Å²) in [6.07, 6.45) is -2.13.